The number of aromatic nitrogens is 2. The second-order valence-electron chi connectivity index (χ2n) is 6.95. The summed E-state index contributed by atoms with van der Waals surface area (Å²) >= 11 is 7.65. The van der Waals surface area contributed by atoms with Crippen LogP contribution in [0.2, 0.25) is 5.02 Å². The van der Waals surface area contributed by atoms with Crippen LogP contribution in [0.3, 0.4) is 0 Å². The first-order chi connectivity index (χ1) is 12.7. The fraction of sp³-hybridized carbons (Fsp3) is 0.400. The van der Waals surface area contributed by atoms with Crippen LogP contribution in [0.25, 0.3) is 16.2 Å². The first kappa shape index (κ1) is 17.6. The molecule has 26 heavy (non-hydrogen) atoms. The maximum atomic E-state index is 12.5. The quantitative estimate of drug-likeness (QED) is 0.633. The molecule has 1 aromatic carbocycles. The van der Waals surface area contributed by atoms with Crippen LogP contribution < -0.4 is 5.32 Å². The number of amides is 1. The Morgan fingerprint density at radius 2 is 2.08 bits per heavy atom. The first-order valence-electron chi connectivity index (χ1n) is 9.20. The van der Waals surface area contributed by atoms with E-state index < -0.39 is 0 Å². The SMILES string of the molecule is O=C(Cc1csc2nc(-c3cccc(Cl)c3)cn12)NC1CCCCCC1. The Morgan fingerprint density at radius 3 is 2.85 bits per heavy atom. The van der Waals surface area contributed by atoms with E-state index in [4.69, 9.17) is 11.6 Å². The molecule has 1 aliphatic carbocycles. The number of hydrogen-bond donors (Lipinski definition) is 1. The summed E-state index contributed by atoms with van der Waals surface area (Å²) in [5.41, 5.74) is 2.85. The standard InChI is InChI=1S/C20H22ClN3OS/c21-15-7-5-6-14(10-15)18-12-24-17(13-26-20(24)23-18)11-19(25)22-16-8-3-1-2-4-9-16/h5-7,10,12-13,16H,1-4,8-9,11H2,(H,22,25). The highest BCUT2D eigenvalue weighted by Crippen LogP contribution is 2.26. The molecule has 1 saturated carbocycles. The van der Waals surface area contributed by atoms with E-state index in [9.17, 15) is 4.79 Å². The fourth-order valence-corrected chi connectivity index (χ4v) is 4.67. The number of carbonyl (C=O) groups is 1. The zero-order chi connectivity index (χ0) is 17.9. The van der Waals surface area contributed by atoms with Crippen LogP contribution in [0.5, 0.6) is 0 Å². The third kappa shape index (κ3) is 3.94. The summed E-state index contributed by atoms with van der Waals surface area (Å²) < 4.78 is 2.02. The van der Waals surface area contributed by atoms with E-state index in [0.29, 0.717) is 17.5 Å². The zero-order valence-corrected chi connectivity index (χ0v) is 16.2. The van der Waals surface area contributed by atoms with Crippen molar-refractivity contribution in [1.29, 1.82) is 0 Å². The van der Waals surface area contributed by atoms with E-state index in [0.717, 1.165) is 34.8 Å². The maximum Gasteiger partial charge on any atom is 0.226 e. The van der Waals surface area contributed by atoms with Crippen molar-refractivity contribution in [2.24, 2.45) is 0 Å². The van der Waals surface area contributed by atoms with Gasteiger partial charge in [0, 0.05) is 33.9 Å². The molecule has 1 fully saturated rings. The van der Waals surface area contributed by atoms with Crippen molar-refractivity contribution in [3.8, 4) is 11.3 Å². The van der Waals surface area contributed by atoms with Crippen molar-refractivity contribution in [2.45, 2.75) is 51.0 Å². The van der Waals surface area contributed by atoms with Gasteiger partial charge < -0.3 is 5.32 Å². The molecule has 2 aromatic heterocycles. The van der Waals surface area contributed by atoms with Gasteiger partial charge in [-0.1, -0.05) is 49.4 Å². The number of halogens is 1. The summed E-state index contributed by atoms with van der Waals surface area (Å²) in [4.78, 5) is 18.1. The number of rotatable bonds is 4. The zero-order valence-electron chi connectivity index (χ0n) is 14.6. The smallest absolute Gasteiger partial charge is 0.226 e. The van der Waals surface area contributed by atoms with Crippen LogP contribution in [0.15, 0.2) is 35.8 Å². The fourth-order valence-electron chi connectivity index (χ4n) is 3.61. The molecule has 3 aromatic rings. The highest BCUT2D eigenvalue weighted by Gasteiger charge is 2.17. The van der Waals surface area contributed by atoms with E-state index in [-0.39, 0.29) is 5.91 Å². The van der Waals surface area contributed by atoms with Crippen LogP contribution >= 0.6 is 22.9 Å². The summed E-state index contributed by atoms with van der Waals surface area (Å²) in [5, 5.41) is 5.94. The number of nitrogens with one attached hydrogen (secondary N) is 1. The topological polar surface area (TPSA) is 46.4 Å². The minimum atomic E-state index is 0.106. The third-order valence-electron chi connectivity index (χ3n) is 4.97. The number of benzene rings is 1. The number of nitrogens with zero attached hydrogens (tertiary/aromatic N) is 2. The molecule has 4 nitrogen and oxygen atoms in total. The molecule has 1 N–H and O–H groups in total. The van der Waals surface area contributed by atoms with E-state index in [1.165, 1.54) is 25.7 Å². The number of imidazole rings is 1. The van der Waals surface area contributed by atoms with Crippen LogP contribution in [0.4, 0.5) is 0 Å². The molecular formula is C20H22ClN3OS. The lowest BCUT2D eigenvalue weighted by molar-refractivity contribution is -0.121. The number of thiazole rings is 1. The molecule has 0 saturated heterocycles. The third-order valence-corrected chi connectivity index (χ3v) is 6.09. The molecule has 0 radical (unpaired) electrons. The summed E-state index contributed by atoms with van der Waals surface area (Å²) in [6.07, 6.45) is 9.62. The average molecular weight is 388 g/mol. The second kappa shape index (κ2) is 7.80. The largest absolute Gasteiger partial charge is 0.353 e. The molecule has 2 heterocycles. The lowest BCUT2D eigenvalue weighted by Crippen LogP contribution is -2.35. The van der Waals surface area contributed by atoms with Crippen LogP contribution in [-0.2, 0) is 11.2 Å². The lowest BCUT2D eigenvalue weighted by atomic mass is 10.1. The predicted molar refractivity (Wildman–Crippen MR) is 107 cm³/mol. The van der Waals surface area contributed by atoms with Crippen molar-refractivity contribution >= 4 is 33.8 Å². The Kier molecular flexibility index (Phi) is 5.27. The van der Waals surface area contributed by atoms with Crippen molar-refractivity contribution in [3.63, 3.8) is 0 Å². The second-order valence-corrected chi connectivity index (χ2v) is 8.22. The summed E-state index contributed by atoms with van der Waals surface area (Å²) in [6.45, 7) is 0. The molecule has 0 unspecified atom stereocenters. The van der Waals surface area contributed by atoms with Gasteiger partial charge in [-0.25, -0.2) is 4.98 Å². The molecule has 136 valence electrons. The van der Waals surface area contributed by atoms with Crippen molar-refractivity contribution < 1.29 is 4.79 Å². The molecule has 1 amide bonds. The van der Waals surface area contributed by atoms with Gasteiger partial charge in [0.15, 0.2) is 4.96 Å². The van der Waals surface area contributed by atoms with Gasteiger partial charge in [-0.3, -0.25) is 9.20 Å². The average Bonchev–Trinajstić information content (AvgIpc) is 3.10. The predicted octanol–water partition coefficient (Wildman–Crippen LogP) is 5.10. The van der Waals surface area contributed by atoms with Crippen molar-refractivity contribution in [1.82, 2.24) is 14.7 Å². The monoisotopic (exact) mass is 387 g/mol. The summed E-state index contributed by atoms with van der Waals surface area (Å²) in [7, 11) is 0. The molecule has 0 spiro atoms. The van der Waals surface area contributed by atoms with Crippen LogP contribution in [0, 0.1) is 0 Å². The lowest BCUT2D eigenvalue weighted by Gasteiger charge is -2.15. The Bertz CT molecular complexity index is 909. The molecule has 0 bridgehead atoms. The van der Waals surface area contributed by atoms with Gasteiger partial charge >= 0.3 is 0 Å². The van der Waals surface area contributed by atoms with Gasteiger partial charge in [-0.2, -0.15) is 0 Å². The van der Waals surface area contributed by atoms with Crippen LogP contribution in [-0.4, -0.2) is 21.3 Å². The number of hydrogen-bond acceptors (Lipinski definition) is 3. The van der Waals surface area contributed by atoms with E-state index in [1.54, 1.807) is 11.3 Å². The highest BCUT2D eigenvalue weighted by atomic mass is 35.5. The Hall–Kier alpha value is -1.85. The molecule has 6 heteroatoms. The van der Waals surface area contributed by atoms with Crippen molar-refractivity contribution in [2.75, 3.05) is 0 Å². The normalized spacial score (nSPS) is 15.9. The van der Waals surface area contributed by atoms with E-state index in [2.05, 4.69) is 10.3 Å². The minimum absolute atomic E-state index is 0.106. The van der Waals surface area contributed by atoms with Crippen molar-refractivity contribution in [3.05, 3.63) is 46.6 Å². The van der Waals surface area contributed by atoms with Gasteiger partial charge in [-0.05, 0) is 25.0 Å². The summed E-state index contributed by atoms with van der Waals surface area (Å²) in [6, 6.07) is 8.02. The van der Waals surface area contributed by atoms with Gasteiger partial charge in [0.2, 0.25) is 5.91 Å². The van der Waals surface area contributed by atoms with E-state index in [1.807, 2.05) is 40.2 Å². The maximum absolute atomic E-state index is 12.5. The van der Waals surface area contributed by atoms with E-state index >= 15 is 0 Å². The molecule has 4 rings (SSSR count). The first-order valence-corrected chi connectivity index (χ1v) is 10.5. The molecule has 1 aliphatic rings. The molecule has 0 aliphatic heterocycles. The van der Waals surface area contributed by atoms with Gasteiger partial charge in [0.25, 0.3) is 0 Å². The number of fused-ring (bicyclic) bond motifs is 1. The number of carbonyl (C=O) groups excluding carboxylic acids is 1. The Balaban J connectivity index is 1.49. The van der Waals surface area contributed by atoms with Crippen LogP contribution in [0.1, 0.15) is 44.2 Å². The van der Waals surface area contributed by atoms with Gasteiger partial charge in [0.05, 0.1) is 12.1 Å². The van der Waals surface area contributed by atoms with Gasteiger partial charge in [-0.15, -0.1) is 11.3 Å². The Morgan fingerprint density at radius 1 is 1.27 bits per heavy atom. The van der Waals surface area contributed by atoms with Gasteiger partial charge in [0.1, 0.15) is 0 Å². The highest BCUT2D eigenvalue weighted by molar-refractivity contribution is 7.15. The Labute approximate surface area is 162 Å². The molecular weight excluding hydrogens is 366 g/mol. The summed E-state index contributed by atoms with van der Waals surface area (Å²) in [5.74, 6) is 0.106. The minimum Gasteiger partial charge on any atom is -0.353 e. The molecule has 0 atom stereocenters.